The second-order valence-corrected chi connectivity index (χ2v) is 6.45. The Hall–Kier alpha value is -2.47. The molecule has 0 spiro atoms. The van der Waals surface area contributed by atoms with Gasteiger partial charge in [0.1, 0.15) is 0 Å². The van der Waals surface area contributed by atoms with Gasteiger partial charge < -0.3 is 10.2 Å². The lowest BCUT2D eigenvalue weighted by atomic mass is 10.1. The average Bonchev–Trinajstić information content (AvgIpc) is 2.65. The van der Waals surface area contributed by atoms with E-state index in [2.05, 4.69) is 24.3 Å². The maximum Gasteiger partial charge on any atom is 0.266 e. The summed E-state index contributed by atoms with van der Waals surface area (Å²) >= 11 is 0. The first-order valence-electron chi connectivity index (χ1n) is 9.29. The van der Waals surface area contributed by atoms with Gasteiger partial charge in [0.25, 0.3) is 5.56 Å². The highest BCUT2D eigenvalue weighted by molar-refractivity contribution is 5.75. The molecule has 0 saturated carbocycles. The van der Waals surface area contributed by atoms with Crippen LogP contribution in [-0.4, -0.2) is 41.9 Å². The van der Waals surface area contributed by atoms with Crippen molar-refractivity contribution in [1.82, 2.24) is 15.1 Å². The number of nitrogens with zero attached hydrogens (tertiary/aromatic N) is 2. The number of hydrogen-bond acceptors (Lipinski definition) is 3. The molecule has 0 bridgehead atoms. The molecule has 6 nitrogen and oxygen atoms in total. The molecule has 0 fully saturated rings. The van der Waals surface area contributed by atoms with Gasteiger partial charge in [-0.1, -0.05) is 29.8 Å². The normalized spacial score (nSPS) is 10.9. The minimum Gasteiger partial charge on any atom is -0.350 e. The Balaban J connectivity index is 1.92. The summed E-state index contributed by atoms with van der Waals surface area (Å²) in [5.74, 6) is -0.0500. The monoisotopic (exact) mass is 357 g/mol. The standard InChI is InChI=1S/C20H28N4O2/c1-4-23(5-2)15-13-21-19(25)12-14-24-20(26)11-10-18(22-24)17-8-6-16(3)7-9-17/h6-11H,4-5,12-15H2,1-3H3,(H,21,25)/p+1. The topological polar surface area (TPSA) is 68.4 Å². The minimum absolute atomic E-state index is 0.0500. The van der Waals surface area contributed by atoms with Crippen molar-refractivity contribution in [2.24, 2.45) is 0 Å². The van der Waals surface area contributed by atoms with E-state index >= 15 is 0 Å². The first-order chi connectivity index (χ1) is 12.5. The van der Waals surface area contributed by atoms with Gasteiger partial charge in [0.2, 0.25) is 5.91 Å². The van der Waals surface area contributed by atoms with Crippen molar-refractivity contribution >= 4 is 5.91 Å². The lowest BCUT2D eigenvalue weighted by Crippen LogP contribution is -3.12. The lowest BCUT2D eigenvalue weighted by molar-refractivity contribution is -0.895. The Labute approximate surface area is 154 Å². The quantitative estimate of drug-likeness (QED) is 0.692. The third-order valence-electron chi connectivity index (χ3n) is 4.57. The molecule has 0 aliphatic heterocycles. The Morgan fingerprint density at radius 2 is 1.81 bits per heavy atom. The minimum atomic E-state index is -0.193. The summed E-state index contributed by atoms with van der Waals surface area (Å²) in [6, 6.07) is 11.2. The predicted octanol–water partition coefficient (Wildman–Crippen LogP) is 0.650. The third kappa shape index (κ3) is 5.81. The summed E-state index contributed by atoms with van der Waals surface area (Å²) in [6.07, 6.45) is 0.248. The molecule has 6 heteroatoms. The molecule has 1 aromatic heterocycles. The molecule has 1 amide bonds. The zero-order valence-electron chi connectivity index (χ0n) is 15.9. The molecule has 2 N–H and O–H groups in total. The molecule has 2 rings (SSSR count). The van der Waals surface area contributed by atoms with Crippen molar-refractivity contribution in [3.63, 3.8) is 0 Å². The van der Waals surface area contributed by atoms with Crippen LogP contribution in [0.1, 0.15) is 25.8 Å². The Bertz CT molecular complexity index is 764. The molecule has 0 aliphatic carbocycles. The van der Waals surface area contributed by atoms with Crippen LogP contribution in [-0.2, 0) is 11.3 Å². The number of aromatic nitrogens is 2. The maximum absolute atomic E-state index is 12.0. The molecule has 0 unspecified atom stereocenters. The van der Waals surface area contributed by atoms with Gasteiger partial charge in [0.15, 0.2) is 0 Å². The lowest BCUT2D eigenvalue weighted by Gasteiger charge is -2.15. The zero-order valence-corrected chi connectivity index (χ0v) is 15.9. The Kier molecular flexibility index (Phi) is 7.53. The van der Waals surface area contributed by atoms with Crippen LogP contribution in [0.15, 0.2) is 41.2 Å². The number of carbonyl (C=O) groups excluding carboxylic acids is 1. The van der Waals surface area contributed by atoms with Gasteiger partial charge >= 0.3 is 0 Å². The zero-order chi connectivity index (χ0) is 18.9. The number of quaternary nitrogens is 1. The van der Waals surface area contributed by atoms with Crippen LogP contribution in [0.5, 0.6) is 0 Å². The van der Waals surface area contributed by atoms with Gasteiger partial charge in [-0.2, -0.15) is 5.10 Å². The molecule has 1 heterocycles. The van der Waals surface area contributed by atoms with Crippen molar-refractivity contribution in [1.29, 1.82) is 0 Å². The van der Waals surface area contributed by atoms with Crippen molar-refractivity contribution in [3.8, 4) is 11.3 Å². The number of rotatable bonds is 9. The molecular formula is C20H29N4O2+. The molecule has 1 aromatic carbocycles. The van der Waals surface area contributed by atoms with Crippen molar-refractivity contribution in [3.05, 3.63) is 52.3 Å². The van der Waals surface area contributed by atoms with Crippen LogP contribution in [0.3, 0.4) is 0 Å². The molecule has 0 radical (unpaired) electrons. The van der Waals surface area contributed by atoms with Crippen molar-refractivity contribution in [2.45, 2.75) is 33.7 Å². The van der Waals surface area contributed by atoms with Crippen LogP contribution in [0.25, 0.3) is 11.3 Å². The van der Waals surface area contributed by atoms with Gasteiger partial charge in [-0.3, -0.25) is 9.59 Å². The van der Waals surface area contributed by atoms with E-state index in [-0.39, 0.29) is 24.4 Å². The molecular weight excluding hydrogens is 328 g/mol. The van der Waals surface area contributed by atoms with Gasteiger partial charge in [0, 0.05) is 18.1 Å². The van der Waals surface area contributed by atoms with Crippen LogP contribution in [0.4, 0.5) is 0 Å². The first-order valence-corrected chi connectivity index (χ1v) is 9.29. The third-order valence-corrected chi connectivity index (χ3v) is 4.57. The Morgan fingerprint density at radius 3 is 2.46 bits per heavy atom. The number of amides is 1. The number of nitrogens with one attached hydrogen (secondary N) is 2. The number of aryl methyl sites for hydroxylation is 2. The van der Waals surface area contributed by atoms with E-state index in [1.807, 2.05) is 31.2 Å². The fraction of sp³-hybridized carbons (Fsp3) is 0.450. The fourth-order valence-corrected chi connectivity index (χ4v) is 2.77. The molecule has 26 heavy (non-hydrogen) atoms. The van der Waals surface area contributed by atoms with E-state index in [1.54, 1.807) is 6.07 Å². The fourth-order valence-electron chi connectivity index (χ4n) is 2.77. The smallest absolute Gasteiger partial charge is 0.266 e. The Morgan fingerprint density at radius 1 is 1.12 bits per heavy atom. The molecule has 0 aliphatic rings. The summed E-state index contributed by atoms with van der Waals surface area (Å²) in [7, 11) is 0. The second-order valence-electron chi connectivity index (χ2n) is 6.45. The second kappa shape index (κ2) is 9.87. The summed E-state index contributed by atoms with van der Waals surface area (Å²) in [5, 5.41) is 7.32. The molecule has 0 atom stereocenters. The highest BCUT2D eigenvalue weighted by atomic mass is 16.2. The van der Waals surface area contributed by atoms with Crippen molar-refractivity contribution in [2.75, 3.05) is 26.2 Å². The largest absolute Gasteiger partial charge is 0.350 e. The average molecular weight is 357 g/mol. The highest BCUT2D eigenvalue weighted by Crippen LogP contribution is 2.15. The molecule has 0 saturated heterocycles. The van der Waals surface area contributed by atoms with Gasteiger partial charge in [-0.05, 0) is 26.8 Å². The molecule has 140 valence electrons. The highest BCUT2D eigenvalue weighted by Gasteiger charge is 2.08. The number of benzene rings is 1. The summed E-state index contributed by atoms with van der Waals surface area (Å²) < 4.78 is 1.37. The van der Waals surface area contributed by atoms with Crippen LogP contribution in [0, 0.1) is 6.92 Å². The predicted molar refractivity (Wildman–Crippen MR) is 103 cm³/mol. The SMILES string of the molecule is CC[NH+](CC)CCNC(=O)CCn1nc(-c2ccc(C)cc2)ccc1=O. The van der Waals surface area contributed by atoms with Crippen molar-refractivity contribution < 1.29 is 9.69 Å². The van der Waals surface area contributed by atoms with Gasteiger partial charge in [-0.25, -0.2) is 4.68 Å². The van der Waals surface area contributed by atoms with Crippen LogP contribution >= 0.6 is 0 Å². The van der Waals surface area contributed by atoms with E-state index in [1.165, 1.54) is 21.2 Å². The summed E-state index contributed by atoms with van der Waals surface area (Å²) in [6.45, 7) is 10.3. The number of carbonyl (C=O) groups is 1. The van der Waals surface area contributed by atoms with Crippen LogP contribution < -0.4 is 15.8 Å². The van der Waals surface area contributed by atoms with E-state index in [9.17, 15) is 9.59 Å². The van der Waals surface area contributed by atoms with Gasteiger partial charge in [0.05, 0.1) is 38.4 Å². The van der Waals surface area contributed by atoms with E-state index in [0.29, 0.717) is 6.54 Å². The van der Waals surface area contributed by atoms with Crippen LogP contribution in [0.2, 0.25) is 0 Å². The first kappa shape index (κ1) is 19.8. The van der Waals surface area contributed by atoms with E-state index in [0.717, 1.165) is 30.9 Å². The van der Waals surface area contributed by atoms with Gasteiger partial charge in [-0.15, -0.1) is 0 Å². The number of likely N-dealkylation sites (N-methyl/N-ethyl adjacent to an activating group) is 1. The van der Waals surface area contributed by atoms with E-state index in [4.69, 9.17) is 0 Å². The maximum atomic E-state index is 12.0. The van der Waals surface area contributed by atoms with E-state index < -0.39 is 0 Å². The summed E-state index contributed by atoms with van der Waals surface area (Å²) in [4.78, 5) is 25.5. The number of hydrogen-bond donors (Lipinski definition) is 2. The molecule has 2 aromatic rings. The summed E-state index contributed by atoms with van der Waals surface area (Å²) in [5.41, 5.74) is 2.66.